The number of carbonyl (C=O) groups is 1. The number of hydrogen-bond donors (Lipinski definition) is 2. The molecule has 1 aliphatic heterocycles. The lowest BCUT2D eigenvalue weighted by Gasteiger charge is -2.36. The fourth-order valence-corrected chi connectivity index (χ4v) is 3.58. The summed E-state index contributed by atoms with van der Waals surface area (Å²) in [6, 6.07) is 13.0. The molecular formula is C21H23N7O. The summed E-state index contributed by atoms with van der Waals surface area (Å²) in [6.45, 7) is 4.43. The summed E-state index contributed by atoms with van der Waals surface area (Å²) in [7, 11) is 0. The highest BCUT2D eigenvalue weighted by Gasteiger charge is 2.26. The Kier molecular flexibility index (Phi) is 4.99. The largest absolute Gasteiger partial charge is 0.384 e. The van der Waals surface area contributed by atoms with Crippen LogP contribution in [-0.2, 0) is 0 Å². The predicted molar refractivity (Wildman–Crippen MR) is 113 cm³/mol. The highest BCUT2D eigenvalue weighted by molar-refractivity contribution is 5.94. The van der Waals surface area contributed by atoms with Crippen molar-refractivity contribution in [2.75, 3.05) is 42.5 Å². The fraction of sp³-hybridized carbons (Fsp3) is 0.238. The molecule has 1 amide bonds. The van der Waals surface area contributed by atoms with Crippen LogP contribution in [0.25, 0.3) is 11.1 Å². The Labute approximate surface area is 169 Å². The average Bonchev–Trinajstić information content (AvgIpc) is 2.74. The molecule has 1 aromatic carbocycles. The normalized spacial score (nSPS) is 14.1. The van der Waals surface area contributed by atoms with E-state index in [1.165, 1.54) is 0 Å². The van der Waals surface area contributed by atoms with Gasteiger partial charge in [-0.15, -0.1) is 0 Å². The molecule has 2 aromatic heterocycles. The van der Waals surface area contributed by atoms with Crippen LogP contribution in [0, 0.1) is 6.92 Å². The van der Waals surface area contributed by atoms with Gasteiger partial charge in [0.25, 0.3) is 5.91 Å². The molecular weight excluding hydrogens is 366 g/mol. The van der Waals surface area contributed by atoms with Crippen molar-refractivity contribution in [1.82, 2.24) is 19.9 Å². The molecule has 148 valence electrons. The highest BCUT2D eigenvalue weighted by Crippen LogP contribution is 2.32. The lowest BCUT2D eigenvalue weighted by molar-refractivity contribution is 0.0746. The van der Waals surface area contributed by atoms with Crippen molar-refractivity contribution in [3.8, 4) is 11.1 Å². The SMILES string of the molecule is Cc1nc(N)nc(N2CCN(C(=O)c3ccccc3)CC2)c1-c1ccc(N)nc1. The number of nitrogens with two attached hydrogens (primary N) is 2. The van der Waals surface area contributed by atoms with E-state index in [0.717, 1.165) is 22.6 Å². The highest BCUT2D eigenvalue weighted by atomic mass is 16.2. The van der Waals surface area contributed by atoms with E-state index in [1.54, 1.807) is 12.3 Å². The molecule has 0 saturated carbocycles. The molecule has 4 rings (SSSR count). The van der Waals surface area contributed by atoms with Gasteiger partial charge in [-0.25, -0.2) is 9.97 Å². The van der Waals surface area contributed by atoms with Crippen molar-refractivity contribution in [1.29, 1.82) is 0 Å². The van der Waals surface area contributed by atoms with Crippen LogP contribution in [0.1, 0.15) is 16.1 Å². The van der Waals surface area contributed by atoms with Gasteiger partial charge in [0, 0.05) is 49.1 Å². The third-order valence-corrected chi connectivity index (χ3v) is 5.05. The standard InChI is InChI=1S/C21H23N7O/c1-14-18(16-7-8-17(22)24-13-16)19(26-21(23)25-14)27-9-11-28(12-10-27)20(29)15-5-3-2-4-6-15/h2-8,13H,9-12H2,1H3,(H2,22,24)(H2,23,25,26). The molecule has 8 heteroatoms. The van der Waals surface area contributed by atoms with E-state index < -0.39 is 0 Å². The number of pyridine rings is 1. The number of hydrogen-bond acceptors (Lipinski definition) is 7. The second kappa shape index (κ2) is 7.75. The Balaban J connectivity index is 1.58. The van der Waals surface area contributed by atoms with E-state index >= 15 is 0 Å². The maximum atomic E-state index is 12.7. The number of carbonyl (C=O) groups excluding carboxylic acids is 1. The molecule has 0 unspecified atom stereocenters. The summed E-state index contributed by atoms with van der Waals surface area (Å²) >= 11 is 0. The fourth-order valence-electron chi connectivity index (χ4n) is 3.58. The first-order valence-electron chi connectivity index (χ1n) is 9.48. The molecule has 8 nitrogen and oxygen atoms in total. The number of nitrogen functional groups attached to an aromatic ring is 2. The van der Waals surface area contributed by atoms with Crippen molar-refractivity contribution in [3.05, 3.63) is 59.9 Å². The summed E-state index contributed by atoms with van der Waals surface area (Å²) in [4.78, 5) is 29.8. The van der Waals surface area contributed by atoms with E-state index in [1.807, 2.05) is 48.2 Å². The van der Waals surface area contributed by atoms with Crippen molar-refractivity contribution >= 4 is 23.5 Å². The number of rotatable bonds is 3. The van der Waals surface area contributed by atoms with E-state index in [4.69, 9.17) is 11.5 Å². The van der Waals surface area contributed by atoms with Crippen LogP contribution in [-0.4, -0.2) is 51.9 Å². The Hall–Kier alpha value is -3.68. The Morgan fingerprint density at radius 3 is 2.34 bits per heavy atom. The van der Waals surface area contributed by atoms with Crippen molar-refractivity contribution in [2.45, 2.75) is 6.92 Å². The van der Waals surface area contributed by atoms with Gasteiger partial charge >= 0.3 is 0 Å². The van der Waals surface area contributed by atoms with Gasteiger partial charge in [0.2, 0.25) is 5.95 Å². The second-order valence-corrected chi connectivity index (χ2v) is 6.98. The van der Waals surface area contributed by atoms with Gasteiger partial charge in [-0.05, 0) is 31.2 Å². The minimum Gasteiger partial charge on any atom is -0.384 e. The zero-order chi connectivity index (χ0) is 20.4. The monoisotopic (exact) mass is 389 g/mol. The van der Waals surface area contributed by atoms with Gasteiger partial charge in [-0.3, -0.25) is 4.79 Å². The third kappa shape index (κ3) is 3.82. The molecule has 0 bridgehead atoms. The number of aromatic nitrogens is 3. The van der Waals surface area contributed by atoms with E-state index in [2.05, 4.69) is 19.9 Å². The topological polar surface area (TPSA) is 114 Å². The molecule has 1 fully saturated rings. The van der Waals surface area contributed by atoms with Crippen LogP contribution < -0.4 is 16.4 Å². The first-order chi connectivity index (χ1) is 14.0. The van der Waals surface area contributed by atoms with Crippen LogP contribution >= 0.6 is 0 Å². The van der Waals surface area contributed by atoms with Crippen LogP contribution in [0.5, 0.6) is 0 Å². The van der Waals surface area contributed by atoms with Gasteiger partial charge in [0.15, 0.2) is 0 Å². The van der Waals surface area contributed by atoms with Crippen molar-refractivity contribution in [2.24, 2.45) is 0 Å². The molecule has 29 heavy (non-hydrogen) atoms. The van der Waals surface area contributed by atoms with Crippen LogP contribution in [0.2, 0.25) is 0 Å². The van der Waals surface area contributed by atoms with E-state index in [-0.39, 0.29) is 11.9 Å². The molecule has 1 aliphatic rings. The quantitative estimate of drug-likeness (QED) is 0.704. The van der Waals surface area contributed by atoms with E-state index in [9.17, 15) is 4.79 Å². The number of aryl methyl sites for hydroxylation is 1. The Morgan fingerprint density at radius 1 is 0.966 bits per heavy atom. The summed E-state index contributed by atoms with van der Waals surface area (Å²) < 4.78 is 0. The molecule has 0 atom stereocenters. The zero-order valence-corrected chi connectivity index (χ0v) is 16.2. The zero-order valence-electron chi connectivity index (χ0n) is 16.2. The number of nitrogens with zero attached hydrogens (tertiary/aromatic N) is 5. The predicted octanol–water partition coefficient (Wildman–Crippen LogP) is 1.97. The first-order valence-corrected chi connectivity index (χ1v) is 9.48. The summed E-state index contributed by atoms with van der Waals surface area (Å²) in [5.74, 6) is 1.49. The third-order valence-electron chi connectivity index (χ3n) is 5.05. The number of piperazine rings is 1. The van der Waals surface area contributed by atoms with Gasteiger partial charge in [0.05, 0.1) is 5.69 Å². The van der Waals surface area contributed by atoms with Crippen LogP contribution in [0.15, 0.2) is 48.7 Å². The molecule has 3 heterocycles. The molecule has 0 radical (unpaired) electrons. The molecule has 3 aromatic rings. The Morgan fingerprint density at radius 2 is 1.69 bits per heavy atom. The summed E-state index contributed by atoms with van der Waals surface area (Å²) in [5.41, 5.74) is 14.9. The molecule has 4 N–H and O–H groups in total. The van der Waals surface area contributed by atoms with Gasteiger partial charge in [-0.1, -0.05) is 18.2 Å². The summed E-state index contributed by atoms with van der Waals surface area (Å²) in [5, 5.41) is 0. The van der Waals surface area contributed by atoms with E-state index in [0.29, 0.717) is 37.6 Å². The maximum Gasteiger partial charge on any atom is 0.253 e. The lowest BCUT2D eigenvalue weighted by atomic mass is 10.1. The van der Waals surface area contributed by atoms with Crippen LogP contribution in [0.4, 0.5) is 17.6 Å². The number of benzene rings is 1. The smallest absolute Gasteiger partial charge is 0.253 e. The number of amides is 1. The van der Waals surface area contributed by atoms with Gasteiger partial charge in [0.1, 0.15) is 11.6 Å². The molecule has 0 aliphatic carbocycles. The maximum absolute atomic E-state index is 12.7. The lowest BCUT2D eigenvalue weighted by Crippen LogP contribution is -2.49. The van der Waals surface area contributed by atoms with Gasteiger partial charge in [-0.2, -0.15) is 4.98 Å². The molecule has 0 spiro atoms. The first kappa shape index (κ1) is 18.7. The van der Waals surface area contributed by atoms with Gasteiger partial charge < -0.3 is 21.3 Å². The van der Waals surface area contributed by atoms with Crippen molar-refractivity contribution < 1.29 is 4.79 Å². The molecule has 1 saturated heterocycles. The number of anilines is 3. The second-order valence-electron chi connectivity index (χ2n) is 6.98. The minimum atomic E-state index is 0.0478. The van der Waals surface area contributed by atoms with Crippen LogP contribution in [0.3, 0.4) is 0 Å². The Bertz CT molecular complexity index is 1010. The van der Waals surface area contributed by atoms with Crippen molar-refractivity contribution in [3.63, 3.8) is 0 Å². The average molecular weight is 389 g/mol. The summed E-state index contributed by atoms with van der Waals surface area (Å²) in [6.07, 6.45) is 1.72. The minimum absolute atomic E-state index is 0.0478.